The van der Waals surface area contributed by atoms with Gasteiger partial charge in [-0.25, -0.2) is 19.6 Å². The van der Waals surface area contributed by atoms with E-state index in [1.165, 1.54) is 18.5 Å². The zero-order chi connectivity index (χ0) is 39.4. The molecule has 52 heavy (non-hydrogen) atoms. The Morgan fingerprint density at radius 3 is 2.10 bits per heavy atom. The molecule has 0 atom stereocenters. The van der Waals surface area contributed by atoms with E-state index in [0.717, 1.165) is 18.7 Å². The Morgan fingerprint density at radius 2 is 1.56 bits per heavy atom. The van der Waals surface area contributed by atoms with Crippen molar-refractivity contribution in [3.05, 3.63) is 70.5 Å². The summed E-state index contributed by atoms with van der Waals surface area (Å²) in [6.45, 7) is 1.77. The van der Waals surface area contributed by atoms with Crippen LogP contribution in [0.3, 0.4) is 0 Å². The van der Waals surface area contributed by atoms with Gasteiger partial charge in [0.15, 0.2) is 0 Å². The van der Waals surface area contributed by atoms with Gasteiger partial charge in [-0.05, 0) is 63.0 Å². The van der Waals surface area contributed by atoms with Crippen molar-refractivity contribution in [3.8, 4) is 11.5 Å². The third-order valence-electron chi connectivity index (χ3n) is 6.09. The molecule has 0 fully saturated rings. The van der Waals surface area contributed by atoms with Crippen LogP contribution < -0.4 is 20.7 Å². The van der Waals surface area contributed by atoms with Crippen LogP contribution in [-0.2, 0) is 20.6 Å². The molecule has 3 aromatic rings. The molecule has 0 unspecified atom stereocenters. The van der Waals surface area contributed by atoms with Gasteiger partial charge in [-0.15, -0.1) is 0 Å². The first-order valence-electron chi connectivity index (χ1n) is 14.2. The standard InChI is InChI=1S/C26H26ClF3N6O2.2C2HF3O2/c1-36(2)11-10-32-25(37)16-8-9-31-23-20(12-16)24(34-15-33-23)35-18-6-7-22(21(27)14-18)38-19-5-3-4-17(13-19)26(28,29)30;2*3-2(4,5)1(6)7/h3-7,12-15H,8-11H2,1-2H3,(H,32,37)(H2,31,33,34,35);2*(H,6,7). The molecule has 1 aliphatic rings. The maximum absolute atomic E-state index is 13.0. The Hall–Kier alpha value is -5.31. The zero-order valence-corrected chi connectivity index (χ0v) is 27.4. The van der Waals surface area contributed by atoms with Gasteiger partial charge in [0.1, 0.15) is 29.5 Å². The summed E-state index contributed by atoms with van der Waals surface area (Å²) >= 11 is 6.38. The van der Waals surface area contributed by atoms with Crippen molar-refractivity contribution in [1.82, 2.24) is 20.2 Å². The van der Waals surface area contributed by atoms with E-state index in [2.05, 4.69) is 25.9 Å². The fraction of sp³-hybridized carbons (Fsp3) is 0.300. The van der Waals surface area contributed by atoms with E-state index in [1.807, 2.05) is 19.0 Å². The molecule has 1 aliphatic heterocycles. The number of aliphatic carboxylic acids is 2. The third-order valence-corrected chi connectivity index (χ3v) is 6.39. The molecule has 0 aliphatic carbocycles. The number of benzene rings is 2. The van der Waals surface area contributed by atoms with E-state index in [1.54, 1.807) is 24.3 Å². The molecule has 4 rings (SSSR count). The lowest BCUT2D eigenvalue weighted by molar-refractivity contribution is -0.193. The van der Waals surface area contributed by atoms with Crippen molar-refractivity contribution < 1.29 is 68.8 Å². The molecule has 5 N–H and O–H groups in total. The molecule has 1 amide bonds. The number of carbonyl (C=O) groups excluding carboxylic acids is 1. The van der Waals surface area contributed by atoms with Crippen molar-refractivity contribution in [2.24, 2.45) is 0 Å². The highest BCUT2D eigenvalue weighted by Gasteiger charge is 2.39. The highest BCUT2D eigenvalue weighted by molar-refractivity contribution is 6.32. The fourth-order valence-corrected chi connectivity index (χ4v) is 3.90. The van der Waals surface area contributed by atoms with Crippen molar-refractivity contribution in [2.45, 2.75) is 24.9 Å². The molecule has 284 valence electrons. The number of carboxylic acid groups (broad SMARTS) is 2. The van der Waals surface area contributed by atoms with Crippen LogP contribution in [0.5, 0.6) is 11.5 Å². The molecule has 2 heterocycles. The normalized spacial score (nSPS) is 12.7. The second kappa shape index (κ2) is 18.3. The van der Waals surface area contributed by atoms with E-state index in [4.69, 9.17) is 36.1 Å². The number of hydrogen-bond acceptors (Lipinski definition) is 9. The van der Waals surface area contributed by atoms with Crippen LogP contribution in [0.1, 0.15) is 17.5 Å². The zero-order valence-electron chi connectivity index (χ0n) is 26.7. The van der Waals surface area contributed by atoms with E-state index in [-0.39, 0.29) is 22.4 Å². The first-order chi connectivity index (χ1) is 24.0. The molecule has 22 heteroatoms. The number of hydrogen-bond donors (Lipinski definition) is 5. The second-order valence-corrected chi connectivity index (χ2v) is 10.8. The SMILES string of the molecule is CN(C)CCNC(=O)C1=Cc2c(ncnc2Nc2ccc(Oc3cccc(C(F)(F)F)c3)c(Cl)c2)NCC1.O=C(O)C(F)(F)F.O=C(O)C(F)(F)F. The van der Waals surface area contributed by atoms with Gasteiger partial charge in [0.2, 0.25) is 5.91 Å². The third kappa shape index (κ3) is 14.1. The van der Waals surface area contributed by atoms with Gasteiger partial charge in [0, 0.05) is 30.9 Å². The van der Waals surface area contributed by atoms with Crippen LogP contribution in [0.25, 0.3) is 6.08 Å². The summed E-state index contributed by atoms with van der Waals surface area (Å²) < 4.78 is 108. The minimum Gasteiger partial charge on any atom is -0.475 e. The maximum atomic E-state index is 13.0. The molecule has 0 saturated carbocycles. The summed E-state index contributed by atoms with van der Waals surface area (Å²) in [5, 5.41) is 23.7. The van der Waals surface area contributed by atoms with Gasteiger partial charge in [-0.3, -0.25) is 4.79 Å². The summed E-state index contributed by atoms with van der Waals surface area (Å²) in [7, 11) is 3.87. The number of anilines is 3. The average molecular weight is 775 g/mol. The average Bonchev–Trinajstić information content (AvgIpc) is 3.25. The van der Waals surface area contributed by atoms with Gasteiger partial charge in [0.25, 0.3) is 0 Å². The number of nitrogens with one attached hydrogen (secondary N) is 3. The molecular formula is C30H28ClF9N6O6. The largest absolute Gasteiger partial charge is 0.490 e. The summed E-state index contributed by atoms with van der Waals surface area (Å²) in [6, 6.07) is 9.33. The lowest BCUT2D eigenvalue weighted by atomic mass is 10.1. The lowest BCUT2D eigenvalue weighted by Crippen LogP contribution is -2.32. The molecule has 0 radical (unpaired) electrons. The minimum atomic E-state index is -5.08. The van der Waals surface area contributed by atoms with Crippen LogP contribution in [0.15, 0.2) is 54.4 Å². The highest BCUT2D eigenvalue weighted by Crippen LogP contribution is 2.36. The van der Waals surface area contributed by atoms with Crippen LogP contribution >= 0.6 is 11.6 Å². The molecule has 0 bridgehead atoms. The summed E-state index contributed by atoms with van der Waals surface area (Å²) in [6.07, 6.45) is -11.0. The first kappa shape index (κ1) is 42.9. The van der Waals surface area contributed by atoms with E-state index in [0.29, 0.717) is 48.0 Å². The number of carboxylic acids is 2. The Morgan fingerprint density at radius 1 is 0.942 bits per heavy atom. The molecule has 0 saturated heterocycles. The van der Waals surface area contributed by atoms with Gasteiger partial charge < -0.3 is 35.8 Å². The van der Waals surface area contributed by atoms with Crippen LogP contribution in [0, 0.1) is 0 Å². The molecule has 0 spiro atoms. The number of halogens is 10. The first-order valence-corrected chi connectivity index (χ1v) is 14.6. The quantitative estimate of drug-likeness (QED) is 0.152. The number of rotatable bonds is 8. The Labute approximate surface area is 293 Å². The van der Waals surface area contributed by atoms with Gasteiger partial charge in [-0.1, -0.05) is 17.7 Å². The summed E-state index contributed by atoms with van der Waals surface area (Å²) in [5.74, 6) is -4.44. The summed E-state index contributed by atoms with van der Waals surface area (Å²) in [5.41, 5.74) is 0.946. The Bertz CT molecular complexity index is 1730. The van der Waals surface area contributed by atoms with Gasteiger partial charge in [-0.2, -0.15) is 39.5 Å². The van der Waals surface area contributed by atoms with E-state index < -0.39 is 36.0 Å². The molecule has 12 nitrogen and oxygen atoms in total. The van der Waals surface area contributed by atoms with Crippen LogP contribution in [-0.4, -0.2) is 89.0 Å². The number of nitrogens with zero attached hydrogens (tertiary/aromatic N) is 3. The fourth-order valence-electron chi connectivity index (χ4n) is 3.68. The smallest absolute Gasteiger partial charge is 0.475 e. The van der Waals surface area contributed by atoms with Gasteiger partial charge >= 0.3 is 30.5 Å². The number of amides is 1. The van der Waals surface area contributed by atoms with Gasteiger partial charge in [0.05, 0.1) is 16.1 Å². The van der Waals surface area contributed by atoms with Crippen molar-refractivity contribution in [2.75, 3.05) is 44.4 Å². The van der Waals surface area contributed by atoms with Crippen molar-refractivity contribution >= 4 is 52.8 Å². The van der Waals surface area contributed by atoms with E-state index in [9.17, 15) is 44.3 Å². The molecular weight excluding hydrogens is 747 g/mol. The minimum absolute atomic E-state index is 0.0103. The van der Waals surface area contributed by atoms with Crippen molar-refractivity contribution in [3.63, 3.8) is 0 Å². The number of carbonyl (C=O) groups is 3. The highest BCUT2D eigenvalue weighted by atomic mass is 35.5. The topological polar surface area (TPSA) is 166 Å². The van der Waals surface area contributed by atoms with Crippen LogP contribution in [0.4, 0.5) is 56.8 Å². The number of alkyl halides is 9. The Balaban J connectivity index is 0.000000564. The number of likely N-dealkylation sites (N-methyl/N-ethyl adjacent to an activating group) is 1. The molecule has 2 aromatic carbocycles. The molecule has 1 aromatic heterocycles. The predicted octanol–water partition coefficient (Wildman–Crippen LogP) is 6.83. The van der Waals surface area contributed by atoms with Crippen LogP contribution in [0.2, 0.25) is 5.02 Å². The van der Waals surface area contributed by atoms with Crippen molar-refractivity contribution in [1.29, 1.82) is 0 Å². The Kier molecular flexibility index (Phi) is 15.0. The number of aromatic nitrogens is 2. The van der Waals surface area contributed by atoms with E-state index >= 15 is 0 Å². The summed E-state index contributed by atoms with van der Waals surface area (Å²) in [4.78, 5) is 41.1. The monoisotopic (exact) mass is 774 g/mol. The number of ether oxygens (including phenoxy) is 1. The lowest BCUT2D eigenvalue weighted by Gasteiger charge is -2.14. The maximum Gasteiger partial charge on any atom is 0.490 e. The number of fused-ring (bicyclic) bond motifs is 1. The predicted molar refractivity (Wildman–Crippen MR) is 168 cm³/mol. The second-order valence-electron chi connectivity index (χ2n) is 10.4.